The Labute approximate surface area is 199 Å². The van der Waals surface area contributed by atoms with Crippen LogP contribution >= 0.6 is 0 Å². The van der Waals surface area contributed by atoms with Crippen molar-refractivity contribution in [3.05, 3.63) is 96.6 Å². The lowest BCUT2D eigenvalue weighted by Crippen LogP contribution is -2.67. The van der Waals surface area contributed by atoms with E-state index in [4.69, 9.17) is 4.43 Å². The van der Waals surface area contributed by atoms with Crippen molar-refractivity contribution < 1.29 is 4.43 Å². The molecule has 1 fully saturated rings. The summed E-state index contributed by atoms with van der Waals surface area (Å²) < 4.78 is 7.20. The SMILES string of the molecule is CC(C)(C)[Si](OC[C@@H]1C[C@H](C#N)CN1Cc1ccccc1)(c1ccccc1)c1ccccc1. The molecular formula is C29H34N2OSi. The molecule has 3 aromatic rings. The highest BCUT2D eigenvalue weighted by atomic mass is 28.4. The average Bonchev–Trinajstić information content (AvgIpc) is 3.22. The van der Waals surface area contributed by atoms with Gasteiger partial charge in [-0.3, -0.25) is 4.90 Å². The third-order valence-electron chi connectivity index (χ3n) is 6.85. The average molecular weight is 455 g/mol. The van der Waals surface area contributed by atoms with Gasteiger partial charge in [0.15, 0.2) is 0 Å². The van der Waals surface area contributed by atoms with Crippen LogP contribution in [0, 0.1) is 17.2 Å². The molecule has 33 heavy (non-hydrogen) atoms. The van der Waals surface area contributed by atoms with Gasteiger partial charge in [-0.15, -0.1) is 0 Å². The first-order valence-corrected chi connectivity index (χ1v) is 13.8. The summed E-state index contributed by atoms with van der Waals surface area (Å²) in [5.74, 6) is 0.0569. The van der Waals surface area contributed by atoms with Gasteiger partial charge in [-0.25, -0.2) is 0 Å². The van der Waals surface area contributed by atoms with Crippen LogP contribution < -0.4 is 10.4 Å². The summed E-state index contributed by atoms with van der Waals surface area (Å²) in [6.07, 6.45) is 0.863. The van der Waals surface area contributed by atoms with E-state index in [9.17, 15) is 5.26 Å². The highest BCUT2D eigenvalue weighted by Gasteiger charge is 2.50. The quantitative estimate of drug-likeness (QED) is 0.473. The molecule has 0 saturated carbocycles. The topological polar surface area (TPSA) is 36.3 Å². The van der Waals surface area contributed by atoms with Gasteiger partial charge in [-0.1, -0.05) is 112 Å². The molecule has 2 atom stereocenters. The minimum Gasteiger partial charge on any atom is -0.406 e. The summed E-state index contributed by atoms with van der Waals surface area (Å²) in [5, 5.41) is 12.2. The van der Waals surface area contributed by atoms with Crippen molar-refractivity contribution in [3.63, 3.8) is 0 Å². The van der Waals surface area contributed by atoms with Crippen LogP contribution in [0.1, 0.15) is 32.8 Å². The molecule has 1 aliphatic rings. The smallest absolute Gasteiger partial charge is 0.261 e. The van der Waals surface area contributed by atoms with Crippen LogP contribution in [-0.2, 0) is 11.0 Å². The van der Waals surface area contributed by atoms with E-state index in [-0.39, 0.29) is 17.0 Å². The first kappa shape index (κ1) is 23.4. The van der Waals surface area contributed by atoms with E-state index in [0.29, 0.717) is 6.61 Å². The Morgan fingerprint density at radius 1 is 0.879 bits per heavy atom. The molecule has 4 heteroatoms. The van der Waals surface area contributed by atoms with Gasteiger partial charge in [0, 0.05) is 19.1 Å². The van der Waals surface area contributed by atoms with E-state index in [0.717, 1.165) is 19.5 Å². The monoisotopic (exact) mass is 454 g/mol. The molecule has 1 saturated heterocycles. The zero-order valence-electron chi connectivity index (χ0n) is 19.9. The minimum absolute atomic E-state index is 0.0484. The van der Waals surface area contributed by atoms with E-state index in [1.807, 2.05) is 0 Å². The van der Waals surface area contributed by atoms with E-state index >= 15 is 0 Å². The number of nitrogens with zero attached hydrogens (tertiary/aromatic N) is 2. The zero-order valence-corrected chi connectivity index (χ0v) is 20.9. The van der Waals surface area contributed by atoms with E-state index in [1.165, 1.54) is 15.9 Å². The first-order valence-electron chi connectivity index (χ1n) is 11.9. The Morgan fingerprint density at radius 3 is 1.88 bits per heavy atom. The molecule has 1 heterocycles. The Morgan fingerprint density at radius 2 is 1.39 bits per heavy atom. The van der Waals surface area contributed by atoms with Crippen LogP contribution in [0.2, 0.25) is 5.04 Å². The van der Waals surface area contributed by atoms with E-state index in [2.05, 4.69) is 123 Å². The van der Waals surface area contributed by atoms with Crippen molar-refractivity contribution >= 4 is 18.7 Å². The second-order valence-corrected chi connectivity index (χ2v) is 14.4. The maximum atomic E-state index is 9.67. The Bertz CT molecular complexity index is 1020. The van der Waals surface area contributed by atoms with Crippen LogP contribution in [0.15, 0.2) is 91.0 Å². The maximum absolute atomic E-state index is 9.67. The Balaban J connectivity index is 1.67. The molecule has 0 unspecified atom stereocenters. The second kappa shape index (κ2) is 10.1. The van der Waals surface area contributed by atoms with Crippen LogP contribution in [0.4, 0.5) is 0 Å². The number of nitriles is 1. The van der Waals surface area contributed by atoms with E-state index in [1.54, 1.807) is 0 Å². The summed E-state index contributed by atoms with van der Waals surface area (Å²) in [6, 6.07) is 34.9. The summed E-state index contributed by atoms with van der Waals surface area (Å²) in [7, 11) is -2.58. The predicted molar refractivity (Wildman–Crippen MR) is 138 cm³/mol. The summed E-state index contributed by atoms with van der Waals surface area (Å²) >= 11 is 0. The molecule has 0 aromatic heterocycles. The van der Waals surface area contributed by atoms with Gasteiger partial charge >= 0.3 is 0 Å². The molecule has 0 aliphatic carbocycles. The molecule has 3 aromatic carbocycles. The van der Waals surface area contributed by atoms with Gasteiger partial charge in [0.05, 0.1) is 18.6 Å². The van der Waals surface area contributed by atoms with Crippen LogP contribution in [-0.4, -0.2) is 32.4 Å². The lowest BCUT2D eigenvalue weighted by atomic mass is 10.1. The van der Waals surface area contributed by atoms with Gasteiger partial charge in [0.2, 0.25) is 0 Å². The van der Waals surface area contributed by atoms with Gasteiger partial charge in [0.25, 0.3) is 8.32 Å². The highest BCUT2D eigenvalue weighted by Crippen LogP contribution is 2.37. The molecule has 0 amide bonds. The van der Waals surface area contributed by atoms with Crippen molar-refractivity contribution in [2.24, 2.45) is 5.92 Å². The van der Waals surface area contributed by atoms with Crippen LogP contribution in [0.3, 0.4) is 0 Å². The predicted octanol–water partition coefficient (Wildman–Crippen LogP) is 4.98. The summed E-state index contributed by atoms with van der Waals surface area (Å²) in [6.45, 7) is 9.24. The lowest BCUT2D eigenvalue weighted by molar-refractivity contribution is 0.160. The number of rotatable bonds is 7. The molecule has 0 radical (unpaired) electrons. The van der Waals surface area contributed by atoms with E-state index < -0.39 is 8.32 Å². The van der Waals surface area contributed by atoms with Crippen molar-refractivity contribution in [1.29, 1.82) is 5.26 Å². The van der Waals surface area contributed by atoms with Gasteiger partial charge in [-0.2, -0.15) is 5.26 Å². The zero-order chi connectivity index (χ0) is 23.3. The second-order valence-electron chi connectivity index (χ2n) is 10.1. The fraction of sp³-hybridized carbons (Fsp3) is 0.345. The van der Waals surface area contributed by atoms with Gasteiger partial charge in [-0.05, 0) is 27.4 Å². The van der Waals surface area contributed by atoms with Crippen molar-refractivity contribution in [1.82, 2.24) is 4.90 Å². The Hall–Kier alpha value is -2.71. The van der Waals surface area contributed by atoms with Crippen LogP contribution in [0.25, 0.3) is 0 Å². The molecule has 3 nitrogen and oxygen atoms in total. The molecule has 0 spiro atoms. The molecule has 0 N–H and O–H groups in total. The third kappa shape index (κ3) is 4.96. The maximum Gasteiger partial charge on any atom is 0.261 e. The molecular weight excluding hydrogens is 420 g/mol. The lowest BCUT2D eigenvalue weighted by Gasteiger charge is -2.44. The van der Waals surface area contributed by atoms with Gasteiger partial charge in [0.1, 0.15) is 0 Å². The highest BCUT2D eigenvalue weighted by molar-refractivity contribution is 6.99. The normalized spacial score (nSPS) is 19.3. The van der Waals surface area contributed by atoms with Gasteiger partial charge < -0.3 is 4.43 Å². The molecule has 4 rings (SSSR count). The first-order chi connectivity index (χ1) is 15.9. The Kier molecular flexibility index (Phi) is 7.14. The van der Waals surface area contributed by atoms with Crippen molar-refractivity contribution in [2.45, 2.75) is 44.8 Å². The largest absolute Gasteiger partial charge is 0.406 e. The fourth-order valence-corrected chi connectivity index (χ4v) is 9.84. The van der Waals surface area contributed by atoms with Crippen molar-refractivity contribution in [2.75, 3.05) is 13.2 Å². The summed E-state index contributed by atoms with van der Waals surface area (Å²) in [4.78, 5) is 2.45. The third-order valence-corrected chi connectivity index (χ3v) is 11.9. The number of hydrogen-bond acceptors (Lipinski definition) is 3. The van der Waals surface area contributed by atoms with Crippen LogP contribution in [0.5, 0.6) is 0 Å². The van der Waals surface area contributed by atoms with Crippen molar-refractivity contribution in [3.8, 4) is 6.07 Å². The molecule has 170 valence electrons. The molecule has 1 aliphatic heterocycles. The molecule has 0 bridgehead atoms. The number of likely N-dealkylation sites (tertiary alicyclic amines) is 1. The summed E-state index contributed by atoms with van der Waals surface area (Å²) in [5.41, 5.74) is 1.28. The minimum atomic E-state index is -2.58. The number of benzene rings is 3. The fourth-order valence-electron chi connectivity index (χ4n) is 5.25. The standard InChI is InChI=1S/C29H34N2OSi/c1-29(2,3)33(27-15-9-5-10-16-27,28-17-11-6-12-18-28)32-23-26-19-25(20-30)22-31(26)21-24-13-7-4-8-14-24/h4-18,25-26H,19,21-23H2,1-3H3/t25-,26+/m1/s1. The number of hydrogen-bond donors (Lipinski definition) is 0.